The Labute approximate surface area is 154 Å². The van der Waals surface area contributed by atoms with Gasteiger partial charge in [-0.05, 0) is 24.8 Å². The van der Waals surface area contributed by atoms with E-state index in [0.29, 0.717) is 6.61 Å². The third kappa shape index (κ3) is 4.73. The SMILES string of the molecule is C=C[C@H]1[C@@H](OCc2ccccc2)[C@H](O)[C@H](C)C[C@]1(O)C#CC(=O)OCC. The lowest BCUT2D eigenvalue weighted by Crippen LogP contribution is -2.56. The molecule has 0 radical (unpaired) electrons. The summed E-state index contributed by atoms with van der Waals surface area (Å²) in [6, 6.07) is 9.58. The molecule has 5 atom stereocenters. The van der Waals surface area contributed by atoms with Crippen molar-refractivity contribution in [2.45, 2.75) is 44.7 Å². The third-order valence-electron chi connectivity index (χ3n) is 4.65. The quantitative estimate of drug-likeness (QED) is 0.365. The van der Waals surface area contributed by atoms with Crippen molar-refractivity contribution in [1.82, 2.24) is 0 Å². The molecule has 1 fully saturated rings. The summed E-state index contributed by atoms with van der Waals surface area (Å²) in [5.41, 5.74) is -0.559. The normalized spacial score (nSPS) is 30.8. The molecule has 26 heavy (non-hydrogen) atoms. The lowest BCUT2D eigenvalue weighted by atomic mass is 9.68. The monoisotopic (exact) mass is 358 g/mol. The van der Waals surface area contributed by atoms with Crippen LogP contribution in [0.5, 0.6) is 0 Å². The summed E-state index contributed by atoms with van der Waals surface area (Å²) < 4.78 is 10.7. The standard InChI is InChI=1S/C21H26O5/c1-4-17-20(26-14-16-9-7-6-8-10-16)19(23)15(3)13-21(17,24)12-11-18(22)25-5-2/h4,6-10,15,17,19-20,23-24H,1,5,13-14H2,2-3H3/t15-,17+,19-,20-,21-/m1/s1. The first kappa shape index (κ1) is 20.2. The molecule has 0 spiro atoms. The van der Waals surface area contributed by atoms with Gasteiger partial charge in [-0.25, -0.2) is 4.79 Å². The van der Waals surface area contributed by atoms with E-state index in [1.807, 2.05) is 37.3 Å². The second-order valence-corrected chi connectivity index (χ2v) is 6.59. The van der Waals surface area contributed by atoms with E-state index >= 15 is 0 Å². The number of carbonyl (C=O) groups is 1. The maximum absolute atomic E-state index is 11.5. The van der Waals surface area contributed by atoms with E-state index < -0.39 is 29.7 Å². The molecule has 1 saturated carbocycles. The van der Waals surface area contributed by atoms with Crippen molar-refractivity contribution < 1.29 is 24.5 Å². The minimum absolute atomic E-state index is 0.211. The highest BCUT2D eigenvalue weighted by Gasteiger charge is 2.49. The highest BCUT2D eigenvalue weighted by atomic mass is 16.5. The number of carbonyl (C=O) groups excluding carboxylic acids is 1. The molecule has 1 aromatic carbocycles. The van der Waals surface area contributed by atoms with Crippen LogP contribution >= 0.6 is 0 Å². The smallest absolute Gasteiger partial charge is 0.384 e. The van der Waals surface area contributed by atoms with E-state index in [9.17, 15) is 15.0 Å². The van der Waals surface area contributed by atoms with Crippen LogP contribution in [0.2, 0.25) is 0 Å². The Morgan fingerprint density at radius 3 is 2.73 bits per heavy atom. The average molecular weight is 358 g/mol. The molecule has 1 aliphatic carbocycles. The summed E-state index contributed by atoms with van der Waals surface area (Å²) in [4.78, 5) is 11.5. The van der Waals surface area contributed by atoms with Crippen molar-refractivity contribution in [3.8, 4) is 11.8 Å². The van der Waals surface area contributed by atoms with Gasteiger partial charge in [0.1, 0.15) is 5.60 Å². The summed E-state index contributed by atoms with van der Waals surface area (Å²) in [5, 5.41) is 21.6. The van der Waals surface area contributed by atoms with E-state index in [4.69, 9.17) is 9.47 Å². The molecule has 0 heterocycles. The lowest BCUT2D eigenvalue weighted by molar-refractivity contribution is -0.159. The number of esters is 1. The van der Waals surface area contributed by atoms with E-state index in [2.05, 4.69) is 18.4 Å². The summed E-state index contributed by atoms with van der Waals surface area (Å²) in [6.07, 6.45) is 0.289. The Bertz CT molecular complexity index is 675. The number of benzene rings is 1. The Morgan fingerprint density at radius 1 is 1.42 bits per heavy atom. The summed E-state index contributed by atoms with van der Waals surface area (Å²) >= 11 is 0. The maximum Gasteiger partial charge on any atom is 0.384 e. The highest BCUT2D eigenvalue weighted by Crippen LogP contribution is 2.39. The number of rotatable bonds is 5. The fourth-order valence-corrected chi connectivity index (χ4v) is 3.31. The second-order valence-electron chi connectivity index (χ2n) is 6.59. The molecule has 140 valence electrons. The lowest BCUT2D eigenvalue weighted by Gasteiger charge is -2.45. The largest absolute Gasteiger partial charge is 0.456 e. The number of hydrogen-bond acceptors (Lipinski definition) is 5. The number of aliphatic hydroxyl groups excluding tert-OH is 1. The van der Waals surface area contributed by atoms with Crippen molar-refractivity contribution >= 4 is 5.97 Å². The van der Waals surface area contributed by atoms with Gasteiger partial charge in [0.2, 0.25) is 0 Å². The van der Waals surface area contributed by atoms with E-state index in [-0.39, 0.29) is 18.9 Å². The minimum Gasteiger partial charge on any atom is -0.456 e. The van der Waals surface area contributed by atoms with Gasteiger partial charge in [0.05, 0.1) is 25.4 Å². The predicted octanol–water partition coefficient (Wildman–Crippen LogP) is 2.07. The van der Waals surface area contributed by atoms with Crippen molar-refractivity contribution in [1.29, 1.82) is 0 Å². The maximum atomic E-state index is 11.5. The topological polar surface area (TPSA) is 76.0 Å². The van der Waals surface area contributed by atoms with Crippen LogP contribution in [0.15, 0.2) is 43.0 Å². The summed E-state index contributed by atoms with van der Waals surface area (Å²) in [7, 11) is 0. The van der Waals surface area contributed by atoms with Gasteiger partial charge in [-0.1, -0.05) is 49.3 Å². The van der Waals surface area contributed by atoms with Gasteiger partial charge in [0.15, 0.2) is 0 Å². The number of ether oxygens (including phenoxy) is 2. The molecule has 5 nitrogen and oxygen atoms in total. The molecular weight excluding hydrogens is 332 g/mol. The number of aliphatic hydroxyl groups is 2. The van der Waals surface area contributed by atoms with Gasteiger partial charge >= 0.3 is 5.97 Å². The molecule has 2 rings (SSSR count). The van der Waals surface area contributed by atoms with Gasteiger partial charge in [0.25, 0.3) is 0 Å². The zero-order valence-corrected chi connectivity index (χ0v) is 15.2. The third-order valence-corrected chi connectivity index (χ3v) is 4.65. The van der Waals surface area contributed by atoms with E-state index in [1.165, 1.54) is 6.08 Å². The molecule has 0 aromatic heterocycles. The molecule has 0 saturated heterocycles. The first-order chi connectivity index (χ1) is 12.4. The van der Waals surface area contributed by atoms with Crippen LogP contribution in [-0.2, 0) is 20.9 Å². The molecule has 0 aliphatic heterocycles. The summed E-state index contributed by atoms with van der Waals surface area (Å²) in [6.45, 7) is 7.79. The van der Waals surface area contributed by atoms with Crippen molar-refractivity contribution in [3.63, 3.8) is 0 Å². The van der Waals surface area contributed by atoms with Crippen LogP contribution in [0.25, 0.3) is 0 Å². The molecule has 1 aromatic rings. The fourth-order valence-electron chi connectivity index (χ4n) is 3.31. The van der Waals surface area contributed by atoms with Crippen LogP contribution in [-0.4, -0.2) is 40.6 Å². The van der Waals surface area contributed by atoms with Gasteiger partial charge in [0, 0.05) is 11.8 Å². The average Bonchev–Trinajstić information content (AvgIpc) is 2.63. The van der Waals surface area contributed by atoms with Gasteiger partial charge in [-0.15, -0.1) is 6.58 Å². The van der Waals surface area contributed by atoms with E-state index in [0.717, 1.165) is 5.56 Å². The molecule has 1 aliphatic rings. The van der Waals surface area contributed by atoms with E-state index in [1.54, 1.807) is 6.92 Å². The van der Waals surface area contributed by atoms with Crippen LogP contribution < -0.4 is 0 Å². The van der Waals surface area contributed by atoms with Crippen LogP contribution in [0.3, 0.4) is 0 Å². The predicted molar refractivity (Wildman–Crippen MR) is 97.9 cm³/mol. The first-order valence-electron chi connectivity index (χ1n) is 8.79. The Kier molecular flexibility index (Phi) is 6.98. The van der Waals surface area contributed by atoms with Crippen LogP contribution in [0.4, 0.5) is 0 Å². The zero-order chi connectivity index (χ0) is 19.2. The Morgan fingerprint density at radius 2 is 2.12 bits per heavy atom. The summed E-state index contributed by atoms with van der Waals surface area (Å²) in [5.74, 6) is 3.39. The van der Waals surface area contributed by atoms with Gasteiger partial charge < -0.3 is 19.7 Å². The minimum atomic E-state index is -1.52. The first-order valence-corrected chi connectivity index (χ1v) is 8.79. The molecule has 0 unspecified atom stereocenters. The number of hydrogen-bond donors (Lipinski definition) is 2. The fraction of sp³-hybridized carbons (Fsp3) is 0.476. The van der Waals surface area contributed by atoms with Crippen molar-refractivity contribution in [3.05, 3.63) is 48.6 Å². The molecule has 0 bridgehead atoms. The Hall–Kier alpha value is -2.13. The van der Waals surface area contributed by atoms with Gasteiger partial charge in [-0.3, -0.25) is 0 Å². The molecular formula is C21H26O5. The molecule has 0 amide bonds. The van der Waals surface area contributed by atoms with Gasteiger partial charge in [-0.2, -0.15) is 0 Å². The van der Waals surface area contributed by atoms with Crippen LogP contribution in [0.1, 0.15) is 25.8 Å². The van der Waals surface area contributed by atoms with Crippen molar-refractivity contribution in [2.75, 3.05) is 6.61 Å². The second kappa shape index (κ2) is 9.00. The van der Waals surface area contributed by atoms with Crippen LogP contribution in [0, 0.1) is 23.7 Å². The Balaban J connectivity index is 2.22. The van der Waals surface area contributed by atoms with Crippen molar-refractivity contribution in [2.24, 2.45) is 11.8 Å². The highest BCUT2D eigenvalue weighted by molar-refractivity contribution is 5.88. The molecule has 2 N–H and O–H groups in total. The zero-order valence-electron chi connectivity index (χ0n) is 15.2. The molecule has 5 heteroatoms.